The fraction of sp³-hybridized carbons (Fsp3) is 0.529. The Balaban J connectivity index is 0.000000174. The topological polar surface area (TPSA) is 63.0 Å². The second-order valence-electron chi connectivity index (χ2n) is 5.41. The van der Waals surface area contributed by atoms with Crippen LogP contribution in [-0.4, -0.2) is 29.0 Å². The van der Waals surface area contributed by atoms with E-state index in [2.05, 4.69) is 27.2 Å². The van der Waals surface area contributed by atoms with Gasteiger partial charge in [0.05, 0.1) is 0 Å². The largest absolute Gasteiger partial charge is 0.403 e. The molecule has 0 saturated heterocycles. The molecular formula is C17H26N4OS. The van der Waals surface area contributed by atoms with E-state index in [1.165, 1.54) is 37.9 Å². The van der Waals surface area contributed by atoms with Gasteiger partial charge in [0, 0.05) is 24.4 Å². The van der Waals surface area contributed by atoms with E-state index in [1.54, 1.807) is 7.05 Å². The summed E-state index contributed by atoms with van der Waals surface area (Å²) >= 11 is 1.86. The number of benzene rings is 1. The number of rotatable bonds is 5. The van der Waals surface area contributed by atoms with Crippen LogP contribution in [0.3, 0.4) is 0 Å². The van der Waals surface area contributed by atoms with Gasteiger partial charge < -0.3 is 9.73 Å². The number of hydrogen-bond donors (Lipinski definition) is 2. The van der Waals surface area contributed by atoms with Crippen LogP contribution in [0.25, 0.3) is 11.5 Å². The molecule has 1 aliphatic carbocycles. The van der Waals surface area contributed by atoms with Crippen molar-refractivity contribution >= 4 is 18.0 Å². The first-order chi connectivity index (χ1) is 11.3. The van der Waals surface area contributed by atoms with Crippen LogP contribution in [0, 0.1) is 0 Å². The summed E-state index contributed by atoms with van der Waals surface area (Å²) < 4.78 is 8.77. The first kappa shape index (κ1) is 17.8. The van der Waals surface area contributed by atoms with E-state index in [0.717, 1.165) is 11.6 Å². The molecule has 1 aromatic heterocycles. The van der Waals surface area contributed by atoms with Gasteiger partial charge in [-0.25, -0.2) is 0 Å². The zero-order valence-corrected chi connectivity index (χ0v) is 14.7. The molecule has 0 radical (unpaired) electrons. The Kier molecular flexibility index (Phi) is 7.97. The molecule has 2 N–H and O–H groups in total. The Morgan fingerprint density at radius 1 is 1.13 bits per heavy atom. The SMILES string of the molecule is CCSNC1CCCCC1.CNc1nnc(-c2ccccc2)o1. The van der Waals surface area contributed by atoms with Crippen molar-refractivity contribution in [3.63, 3.8) is 0 Å². The molecule has 0 aliphatic heterocycles. The van der Waals surface area contributed by atoms with Crippen LogP contribution < -0.4 is 10.0 Å². The molecule has 3 rings (SSSR count). The summed E-state index contributed by atoms with van der Waals surface area (Å²) in [5.41, 5.74) is 0.927. The van der Waals surface area contributed by atoms with E-state index >= 15 is 0 Å². The molecule has 1 heterocycles. The molecule has 23 heavy (non-hydrogen) atoms. The zero-order valence-electron chi connectivity index (χ0n) is 13.9. The smallest absolute Gasteiger partial charge is 0.315 e. The van der Waals surface area contributed by atoms with E-state index in [4.69, 9.17) is 4.42 Å². The molecule has 1 saturated carbocycles. The first-order valence-electron chi connectivity index (χ1n) is 8.27. The molecule has 0 spiro atoms. The van der Waals surface area contributed by atoms with Crippen LogP contribution in [0.15, 0.2) is 34.7 Å². The van der Waals surface area contributed by atoms with E-state index in [-0.39, 0.29) is 0 Å². The monoisotopic (exact) mass is 334 g/mol. The molecular weight excluding hydrogens is 308 g/mol. The summed E-state index contributed by atoms with van der Waals surface area (Å²) in [5.74, 6) is 1.72. The third-order valence-electron chi connectivity index (χ3n) is 3.66. The maximum Gasteiger partial charge on any atom is 0.315 e. The molecule has 5 nitrogen and oxygen atoms in total. The van der Waals surface area contributed by atoms with Gasteiger partial charge in [0.2, 0.25) is 5.89 Å². The van der Waals surface area contributed by atoms with Gasteiger partial charge in [-0.1, -0.05) is 61.4 Å². The minimum atomic E-state index is 0.429. The average molecular weight is 334 g/mol. The molecule has 0 unspecified atom stereocenters. The highest BCUT2D eigenvalue weighted by Crippen LogP contribution is 2.19. The van der Waals surface area contributed by atoms with Crippen molar-refractivity contribution in [3.8, 4) is 11.5 Å². The lowest BCUT2D eigenvalue weighted by Crippen LogP contribution is -2.25. The van der Waals surface area contributed by atoms with Crippen LogP contribution in [0.4, 0.5) is 6.01 Å². The molecule has 0 bridgehead atoms. The van der Waals surface area contributed by atoms with Crippen molar-refractivity contribution < 1.29 is 4.42 Å². The second kappa shape index (κ2) is 10.3. The quantitative estimate of drug-likeness (QED) is 0.792. The van der Waals surface area contributed by atoms with Crippen molar-refractivity contribution in [1.29, 1.82) is 0 Å². The van der Waals surface area contributed by atoms with Crippen LogP contribution in [0.1, 0.15) is 39.0 Å². The Morgan fingerprint density at radius 2 is 1.87 bits per heavy atom. The first-order valence-corrected chi connectivity index (χ1v) is 9.26. The van der Waals surface area contributed by atoms with Crippen molar-refractivity contribution in [3.05, 3.63) is 30.3 Å². The summed E-state index contributed by atoms with van der Waals surface area (Å²) in [6, 6.07) is 10.9. The number of nitrogens with zero attached hydrogens (tertiary/aromatic N) is 2. The van der Waals surface area contributed by atoms with E-state index < -0.39 is 0 Å². The molecule has 1 fully saturated rings. The maximum absolute atomic E-state index is 5.29. The molecule has 6 heteroatoms. The van der Waals surface area contributed by atoms with Crippen LogP contribution in [0.5, 0.6) is 0 Å². The Labute approximate surface area is 142 Å². The number of anilines is 1. The fourth-order valence-corrected chi connectivity index (χ4v) is 3.08. The van der Waals surface area contributed by atoms with Gasteiger partial charge in [-0.2, -0.15) is 0 Å². The minimum absolute atomic E-state index is 0.429. The van der Waals surface area contributed by atoms with E-state index in [0.29, 0.717) is 11.9 Å². The van der Waals surface area contributed by atoms with Gasteiger partial charge in [0.25, 0.3) is 0 Å². The van der Waals surface area contributed by atoms with Gasteiger partial charge in [-0.05, 0) is 25.0 Å². The van der Waals surface area contributed by atoms with Crippen LogP contribution >= 0.6 is 11.9 Å². The summed E-state index contributed by atoms with van der Waals surface area (Å²) in [5, 5.41) is 10.4. The molecule has 0 atom stereocenters. The molecule has 2 aromatic rings. The predicted molar refractivity (Wildman–Crippen MR) is 97.4 cm³/mol. The zero-order chi connectivity index (χ0) is 16.3. The normalized spacial score (nSPS) is 14.9. The van der Waals surface area contributed by atoms with Crippen molar-refractivity contribution in [2.45, 2.75) is 45.1 Å². The van der Waals surface area contributed by atoms with Crippen molar-refractivity contribution in [1.82, 2.24) is 14.9 Å². The summed E-state index contributed by atoms with van der Waals surface area (Å²) in [7, 11) is 1.74. The highest BCUT2D eigenvalue weighted by molar-refractivity contribution is 7.97. The fourth-order valence-electron chi connectivity index (χ4n) is 2.44. The van der Waals surface area contributed by atoms with E-state index in [9.17, 15) is 0 Å². The lowest BCUT2D eigenvalue weighted by atomic mass is 9.96. The van der Waals surface area contributed by atoms with Gasteiger partial charge in [0.1, 0.15) is 0 Å². The molecule has 0 amide bonds. The second-order valence-corrected chi connectivity index (χ2v) is 6.52. The Bertz CT molecular complexity index is 541. The standard InChI is InChI=1S/C9H9N3O.C8H17NS/c1-10-9-12-11-8(13-9)7-5-3-2-4-6-7;1-2-10-9-8-6-4-3-5-7-8/h2-6H,1H3,(H,10,12);8-9H,2-7H2,1H3. The molecule has 126 valence electrons. The average Bonchev–Trinajstić information content (AvgIpc) is 3.11. The third kappa shape index (κ3) is 6.23. The van der Waals surface area contributed by atoms with Gasteiger partial charge in [0.15, 0.2) is 0 Å². The highest BCUT2D eigenvalue weighted by Gasteiger charge is 2.11. The van der Waals surface area contributed by atoms with Crippen molar-refractivity contribution in [2.75, 3.05) is 18.1 Å². The summed E-state index contributed by atoms with van der Waals surface area (Å²) in [4.78, 5) is 0. The van der Waals surface area contributed by atoms with Crippen LogP contribution in [-0.2, 0) is 0 Å². The number of hydrogen-bond acceptors (Lipinski definition) is 6. The van der Waals surface area contributed by atoms with E-state index in [1.807, 2.05) is 42.3 Å². The minimum Gasteiger partial charge on any atom is -0.403 e. The number of aromatic nitrogens is 2. The lowest BCUT2D eigenvalue weighted by Gasteiger charge is -2.21. The summed E-state index contributed by atoms with van der Waals surface area (Å²) in [6.45, 7) is 2.19. The van der Waals surface area contributed by atoms with Crippen LogP contribution in [0.2, 0.25) is 0 Å². The molecule has 1 aromatic carbocycles. The summed E-state index contributed by atoms with van der Waals surface area (Å²) in [6.07, 6.45) is 7.11. The number of nitrogens with one attached hydrogen (secondary N) is 2. The van der Waals surface area contributed by atoms with Crippen molar-refractivity contribution in [2.24, 2.45) is 0 Å². The van der Waals surface area contributed by atoms with Gasteiger partial charge in [-0.3, -0.25) is 4.72 Å². The molecule has 1 aliphatic rings. The van der Waals surface area contributed by atoms with Gasteiger partial charge in [-0.15, -0.1) is 5.10 Å². The lowest BCUT2D eigenvalue weighted by molar-refractivity contribution is 0.423. The Morgan fingerprint density at radius 3 is 2.48 bits per heavy atom. The predicted octanol–water partition coefficient (Wildman–Crippen LogP) is 4.36. The van der Waals surface area contributed by atoms with Gasteiger partial charge >= 0.3 is 6.01 Å². The Hall–Kier alpha value is -1.53. The maximum atomic E-state index is 5.29. The third-order valence-corrected chi connectivity index (χ3v) is 4.45. The highest BCUT2D eigenvalue weighted by atomic mass is 32.2.